The molecule has 4 aromatic carbocycles. The fourth-order valence-corrected chi connectivity index (χ4v) is 7.54. The van der Waals surface area contributed by atoms with Crippen LogP contribution in [0, 0.1) is 0 Å². The van der Waals surface area contributed by atoms with Gasteiger partial charge in [0.2, 0.25) is 0 Å². The molecule has 0 bridgehead atoms. The summed E-state index contributed by atoms with van der Waals surface area (Å²) in [6.45, 7) is 0. The van der Waals surface area contributed by atoms with E-state index in [1.54, 1.807) is 14.2 Å². The van der Waals surface area contributed by atoms with Crippen LogP contribution in [0.4, 0.5) is 0 Å². The van der Waals surface area contributed by atoms with Crippen molar-refractivity contribution in [3.63, 3.8) is 0 Å². The molecule has 0 unspecified atom stereocenters. The quantitative estimate of drug-likeness (QED) is 0.0887. The van der Waals surface area contributed by atoms with Gasteiger partial charge in [0, 0.05) is 31.3 Å². The van der Waals surface area contributed by atoms with Crippen molar-refractivity contribution in [2.45, 2.75) is 35.5 Å². The normalized spacial score (nSPS) is 11.6. The number of rotatable bonds is 11. The second kappa shape index (κ2) is 12.4. The van der Waals surface area contributed by atoms with Gasteiger partial charge < -0.3 is 9.47 Å². The molecule has 0 spiro atoms. The minimum absolute atomic E-state index is 0.872. The van der Waals surface area contributed by atoms with Crippen LogP contribution in [0.1, 0.15) is 25.7 Å². The highest BCUT2D eigenvalue weighted by Crippen LogP contribution is 2.38. The summed E-state index contributed by atoms with van der Waals surface area (Å²) in [6, 6.07) is 29.2. The maximum atomic E-state index is 5.51. The minimum atomic E-state index is 0.872. The number of unbranched alkanes of at least 4 members (excludes halogenated alkanes) is 3. The third-order valence-corrected chi connectivity index (χ3v) is 9.65. The lowest BCUT2D eigenvalue weighted by Gasteiger charge is -2.12. The van der Waals surface area contributed by atoms with Gasteiger partial charge in [0.1, 0.15) is 11.5 Å². The van der Waals surface area contributed by atoms with Crippen LogP contribution in [0.15, 0.2) is 94.7 Å². The number of hydrogen-bond acceptors (Lipinski definition) is 6. The van der Waals surface area contributed by atoms with E-state index in [1.165, 1.54) is 57.0 Å². The average Bonchev–Trinajstić information content (AvgIpc) is 3.00. The van der Waals surface area contributed by atoms with E-state index in [9.17, 15) is 0 Å². The monoisotopic (exact) mass is 564 g/mol. The SMILES string of the molecule is COc1ccc2nc3ccccc3c(SCCCCCCSc3c4ccccc4nc4ccc(OC)cc34)c2c1. The molecule has 0 saturated carbocycles. The van der Waals surface area contributed by atoms with Crippen LogP contribution in [0.5, 0.6) is 11.5 Å². The van der Waals surface area contributed by atoms with Gasteiger partial charge in [0.15, 0.2) is 0 Å². The average molecular weight is 565 g/mol. The van der Waals surface area contributed by atoms with E-state index >= 15 is 0 Å². The Hall–Kier alpha value is -3.48. The Morgan fingerprint density at radius 1 is 0.500 bits per heavy atom. The third-order valence-electron chi connectivity index (χ3n) is 7.21. The molecule has 202 valence electrons. The molecule has 0 aliphatic heterocycles. The van der Waals surface area contributed by atoms with Crippen molar-refractivity contribution in [3.05, 3.63) is 84.9 Å². The topological polar surface area (TPSA) is 44.2 Å². The second-order valence-electron chi connectivity index (χ2n) is 9.79. The van der Waals surface area contributed by atoms with Crippen LogP contribution < -0.4 is 9.47 Å². The molecule has 2 aromatic heterocycles. The number of hydrogen-bond donors (Lipinski definition) is 0. The van der Waals surface area contributed by atoms with E-state index in [-0.39, 0.29) is 0 Å². The zero-order chi connectivity index (χ0) is 27.3. The molecule has 0 N–H and O–H groups in total. The highest BCUT2D eigenvalue weighted by atomic mass is 32.2. The highest BCUT2D eigenvalue weighted by Gasteiger charge is 2.12. The van der Waals surface area contributed by atoms with Crippen LogP contribution in [0.2, 0.25) is 0 Å². The van der Waals surface area contributed by atoms with Crippen LogP contribution >= 0.6 is 23.5 Å². The Kier molecular flexibility index (Phi) is 8.26. The highest BCUT2D eigenvalue weighted by molar-refractivity contribution is 8.00. The zero-order valence-corrected chi connectivity index (χ0v) is 24.5. The van der Waals surface area contributed by atoms with E-state index in [4.69, 9.17) is 19.4 Å². The molecule has 6 aromatic rings. The summed E-state index contributed by atoms with van der Waals surface area (Å²) in [5.41, 5.74) is 4.14. The Balaban J connectivity index is 1.08. The largest absolute Gasteiger partial charge is 0.497 e. The van der Waals surface area contributed by atoms with Crippen molar-refractivity contribution in [2.75, 3.05) is 25.7 Å². The molecule has 0 amide bonds. The van der Waals surface area contributed by atoms with Crippen LogP contribution in [0.3, 0.4) is 0 Å². The molecule has 2 heterocycles. The summed E-state index contributed by atoms with van der Waals surface area (Å²) in [7, 11) is 3.44. The zero-order valence-electron chi connectivity index (χ0n) is 22.9. The Bertz CT molecular complexity index is 1670. The van der Waals surface area contributed by atoms with Crippen LogP contribution in [-0.4, -0.2) is 35.7 Å². The van der Waals surface area contributed by atoms with Gasteiger partial charge in [-0.1, -0.05) is 49.2 Å². The predicted molar refractivity (Wildman–Crippen MR) is 172 cm³/mol. The molecule has 6 heteroatoms. The molecule has 0 saturated heterocycles. The lowest BCUT2D eigenvalue weighted by Crippen LogP contribution is -1.91. The number of nitrogens with zero attached hydrogens (tertiary/aromatic N) is 2. The van der Waals surface area contributed by atoms with E-state index in [2.05, 4.69) is 72.8 Å². The molecule has 0 radical (unpaired) electrons. The minimum Gasteiger partial charge on any atom is -0.497 e. The first-order chi connectivity index (χ1) is 19.7. The van der Waals surface area contributed by atoms with Gasteiger partial charge >= 0.3 is 0 Å². The molecular formula is C34H32N2O2S2. The van der Waals surface area contributed by atoms with Crippen molar-refractivity contribution in [1.29, 1.82) is 0 Å². The number of fused-ring (bicyclic) bond motifs is 4. The lowest BCUT2D eigenvalue weighted by atomic mass is 10.1. The summed E-state index contributed by atoms with van der Waals surface area (Å²) < 4.78 is 11.0. The van der Waals surface area contributed by atoms with Gasteiger partial charge in [-0.05, 0) is 72.9 Å². The molecule has 0 atom stereocenters. The summed E-state index contributed by atoms with van der Waals surface area (Å²) in [4.78, 5) is 12.4. The Morgan fingerprint density at radius 2 is 0.925 bits per heavy atom. The van der Waals surface area contributed by atoms with Crippen LogP contribution in [0.25, 0.3) is 43.6 Å². The number of ether oxygens (including phenoxy) is 2. The molecule has 0 aliphatic rings. The standard InChI is InChI=1S/C34H32N2O2S2/c1-37-23-15-17-31-27(21-23)33(25-11-5-7-13-29(25)35-31)39-19-9-3-4-10-20-40-34-26-12-6-8-14-30(26)36-32-18-16-24(38-2)22-28(32)34/h5-8,11-18,21-22H,3-4,9-10,19-20H2,1-2H3. The molecule has 0 aliphatic carbocycles. The maximum absolute atomic E-state index is 5.51. The van der Waals surface area contributed by atoms with E-state index in [0.717, 1.165) is 45.1 Å². The van der Waals surface area contributed by atoms with E-state index in [0.29, 0.717) is 0 Å². The summed E-state index contributed by atoms with van der Waals surface area (Å²) in [5, 5.41) is 4.79. The lowest BCUT2D eigenvalue weighted by molar-refractivity contribution is 0.415. The predicted octanol–water partition coefficient (Wildman–Crippen LogP) is 9.55. The van der Waals surface area contributed by atoms with Gasteiger partial charge in [-0.2, -0.15) is 0 Å². The molecule has 6 rings (SSSR count). The number of methoxy groups -OCH3 is 2. The van der Waals surface area contributed by atoms with Gasteiger partial charge in [0.05, 0.1) is 36.3 Å². The molecule has 4 nitrogen and oxygen atoms in total. The van der Waals surface area contributed by atoms with E-state index < -0.39 is 0 Å². The third kappa shape index (κ3) is 5.56. The molecule has 40 heavy (non-hydrogen) atoms. The van der Waals surface area contributed by atoms with Crippen molar-refractivity contribution >= 4 is 67.1 Å². The first-order valence-electron chi connectivity index (χ1n) is 13.7. The summed E-state index contributed by atoms with van der Waals surface area (Å²) >= 11 is 3.89. The van der Waals surface area contributed by atoms with E-state index in [1.807, 2.05) is 35.7 Å². The maximum Gasteiger partial charge on any atom is 0.119 e. The smallest absolute Gasteiger partial charge is 0.119 e. The Labute approximate surface area is 243 Å². The molecule has 0 fully saturated rings. The summed E-state index contributed by atoms with van der Waals surface area (Å²) in [6.07, 6.45) is 4.83. The van der Waals surface area contributed by atoms with Crippen molar-refractivity contribution < 1.29 is 9.47 Å². The fraction of sp³-hybridized carbons (Fsp3) is 0.235. The number of aromatic nitrogens is 2. The van der Waals surface area contributed by atoms with Gasteiger partial charge in [0.25, 0.3) is 0 Å². The van der Waals surface area contributed by atoms with Gasteiger partial charge in [-0.25, -0.2) is 9.97 Å². The van der Waals surface area contributed by atoms with Crippen molar-refractivity contribution in [3.8, 4) is 11.5 Å². The number of benzene rings is 4. The number of pyridine rings is 2. The van der Waals surface area contributed by atoms with Crippen molar-refractivity contribution in [1.82, 2.24) is 9.97 Å². The van der Waals surface area contributed by atoms with Gasteiger partial charge in [-0.3, -0.25) is 0 Å². The van der Waals surface area contributed by atoms with Crippen molar-refractivity contribution in [2.24, 2.45) is 0 Å². The number of thioether (sulfide) groups is 2. The Morgan fingerprint density at radius 3 is 1.38 bits per heavy atom. The van der Waals surface area contributed by atoms with Gasteiger partial charge in [-0.15, -0.1) is 23.5 Å². The molecular weight excluding hydrogens is 533 g/mol. The first kappa shape index (κ1) is 26.7. The summed E-state index contributed by atoms with van der Waals surface area (Å²) in [5.74, 6) is 3.93. The second-order valence-corrected chi connectivity index (χ2v) is 12.0. The number of para-hydroxylation sites is 2. The van der Waals surface area contributed by atoms with Crippen LogP contribution in [-0.2, 0) is 0 Å². The fourth-order valence-electron chi connectivity index (χ4n) is 5.14. The first-order valence-corrected chi connectivity index (χ1v) is 15.7.